The maximum absolute atomic E-state index is 13.4. The molecule has 2 heterocycles. The van der Waals surface area contributed by atoms with Crippen molar-refractivity contribution in [2.24, 2.45) is 0 Å². The molecule has 0 aliphatic carbocycles. The molecule has 1 saturated heterocycles. The number of rotatable bonds is 9. The number of aromatic nitrogens is 2. The Balaban J connectivity index is 1.47. The molecule has 1 aromatic heterocycles. The van der Waals surface area contributed by atoms with Crippen molar-refractivity contribution in [1.82, 2.24) is 14.5 Å². The topological polar surface area (TPSA) is 84.7 Å². The maximum Gasteiger partial charge on any atom is 0.295 e. The zero-order chi connectivity index (χ0) is 27.4. The van der Waals surface area contributed by atoms with Gasteiger partial charge in [-0.2, -0.15) is 0 Å². The number of Topliss-reactive ketones (excluding diaryl/α,β-unsaturated/α-hetero) is 1. The molecule has 1 N–H and O–H groups in total. The molecule has 0 bridgehead atoms. The molecule has 1 fully saturated rings. The molecule has 198 valence electrons. The van der Waals surface area contributed by atoms with Crippen molar-refractivity contribution < 1.29 is 19.4 Å². The van der Waals surface area contributed by atoms with Crippen molar-refractivity contribution in [3.05, 3.63) is 125 Å². The molecule has 1 unspecified atom stereocenters. The van der Waals surface area contributed by atoms with E-state index in [-0.39, 0.29) is 11.3 Å². The minimum Gasteiger partial charge on any atom is -0.507 e. The van der Waals surface area contributed by atoms with Crippen molar-refractivity contribution >= 4 is 17.4 Å². The predicted octanol–water partition coefficient (Wildman–Crippen LogP) is 5.59. The second-order valence-electron chi connectivity index (χ2n) is 9.81. The van der Waals surface area contributed by atoms with Gasteiger partial charge in [0.15, 0.2) is 0 Å². The number of benzene rings is 3. The average molecular weight is 522 g/mol. The van der Waals surface area contributed by atoms with Crippen LogP contribution in [-0.4, -0.2) is 37.8 Å². The van der Waals surface area contributed by atoms with Crippen molar-refractivity contribution in [3.63, 3.8) is 0 Å². The molecule has 7 nitrogen and oxygen atoms in total. The SMILES string of the molecule is Cc1ccc(C)c(/C(O)=C2\C(=O)C(=O)N(CCCn3ccnc3)C2c2ccc(OCc3ccccc3)cc2)c1. The van der Waals surface area contributed by atoms with Gasteiger partial charge in [0.05, 0.1) is 17.9 Å². The lowest BCUT2D eigenvalue weighted by Gasteiger charge is -2.26. The van der Waals surface area contributed by atoms with Crippen LogP contribution < -0.4 is 4.74 Å². The van der Waals surface area contributed by atoms with Crippen LogP contribution >= 0.6 is 0 Å². The van der Waals surface area contributed by atoms with E-state index in [0.29, 0.717) is 37.4 Å². The summed E-state index contributed by atoms with van der Waals surface area (Å²) in [5, 5.41) is 11.4. The summed E-state index contributed by atoms with van der Waals surface area (Å²) in [6.45, 7) is 5.24. The molecule has 39 heavy (non-hydrogen) atoms. The number of aryl methyl sites for hydroxylation is 3. The monoisotopic (exact) mass is 521 g/mol. The molecule has 0 radical (unpaired) electrons. The standard InChI is InChI=1S/C32H31N3O4/c1-22-9-10-23(2)27(19-22)30(36)28-29(35(32(38)31(28)37)17-6-16-34-18-15-33-21-34)25-11-13-26(14-12-25)39-20-24-7-4-3-5-8-24/h3-5,7-15,18-19,21,29,36H,6,16-17,20H2,1-2H3/b30-28+. The number of aliphatic hydroxyl groups excluding tert-OH is 1. The van der Waals surface area contributed by atoms with Gasteiger partial charge in [0.1, 0.15) is 18.1 Å². The minimum atomic E-state index is -0.712. The Bertz CT molecular complexity index is 1490. The minimum absolute atomic E-state index is 0.106. The van der Waals surface area contributed by atoms with Crippen LogP contribution in [0.5, 0.6) is 5.75 Å². The molecular weight excluding hydrogens is 490 g/mol. The Morgan fingerprint density at radius 3 is 2.46 bits per heavy atom. The normalized spacial score (nSPS) is 16.6. The summed E-state index contributed by atoms with van der Waals surface area (Å²) in [6, 6.07) is 22.3. The van der Waals surface area contributed by atoms with Gasteiger partial charge in [0, 0.05) is 31.0 Å². The largest absolute Gasteiger partial charge is 0.507 e. The number of aliphatic hydroxyl groups is 1. The van der Waals surface area contributed by atoms with Crippen molar-refractivity contribution in [3.8, 4) is 5.75 Å². The number of likely N-dealkylation sites (tertiary alicyclic amines) is 1. The van der Waals surface area contributed by atoms with E-state index in [9.17, 15) is 14.7 Å². The van der Waals surface area contributed by atoms with Gasteiger partial charge in [-0.25, -0.2) is 4.98 Å². The van der Waals surface area contributed by atoms with E-state index < -0.39 is 17.7 Å². The number of hydrogen-bond acceptors (Lipinski definition) is 5. The second kappa shape index (κ2) is 11.4. The number of imidazole rings is 1. The van der Waals surface area contributed by atoms with Gasteiger partial charge in [0.25, 0.3) is 11.7 Å². The fourth-order valence-electron chi connectivity index (χ4n) is 4.92. The number of ether oxygens (including phenoxy) is 1. The van der Waals surface area contributed by atoms with Crippen molar-refractivity contribution in [2.75, 3.05) is 6.54 Å². The Kier molecular flexibility index (Phi) is 7.59. The molecule has 7 heteroatoms. The van der Waals surface area contributed by atoms with Gasteiger partial charge < -0.3 is 19.3 Å². The predicted molar refractivity (Wildman–Crippen MR) is 149 cm³/mol. The summed E-state index contributed by atoms with van der Waals surface area (Å²) < 4.78 is 7.87. The molecule has 1 aliphatic heterocycles. The molecule has 0 spiro atoms. The lowest BCUT2D eigenvalue weighted by Crippen LogP contribution is -2.31. The molecule has 1 aliphatic rings. The quantitative estimate of drug-likeness (QED) is 0.176. The van der Waals surface area contributed by atoms with Gasteiger partial charge in [-0.1, -0.05) is 60.2 Å². The molecule has 0 saturated carbocycles. The third kappa shape index (κ3) is 5.62. The molecular formula is C32H31N3O4. The Hall–Kier alpha value is -4.65. The van der Waals surface area contributed by atoms with Crippen molar-refractivity contribution in [1.29, 1.82) is 0 Å². The number of ketones is 1. The summed E-state index contributed by atoms with van der Waals surface area (Å²) in [5.41, 5.74) is 4.23. The van der Waals surface area contributed by atoms with Crippen LogP contribution in [0.3, 0.4) is 0 Å². The fourth-order valence-corrected chi connectivity index (χ4v) is 4.92. The van der Waals surface area contributed by atoms with Gasteiger partial charge in [-0.15, -0.1) is 0 Å². The lowest BCUT2D eigenvalue weighted by atomic mass is 9.93. The first-order valence-electron chi connectivity index (χ1n) is 13.0. The molecule has 3 aromatic carbocycles. The second-order valence-corrected chi connectivity index (χ2v) is 9.81. The highest BCUT2D eigenvalue weighted by Crippen LogP contribution is 2.40. The third-order valence-corrected chi connectivity index (χ3v) is 7.01. The van der Waals surface area contributed by atoms with Crippen LogP contribution in [0.4, 0.5) is 0 Å². The smallest absolute Gasteiger partial charge is 0.295 e. The number of amides is 1. The highest BCUT2D eigenvalue weighted by Gasteiger charge is 2.45. The van der Waals surface area contributed by atoms with Crippen LogP contribution in [0.1, 0.15) is 40.3 Å². The van der Waals surface area contributed by atoms with E-state index in [1.807, 2.05) is 97.4 Å². The number of hydrogen-bond donors (Lipinski definition) is 1. The number of carbonyl (C=O) groups is 2. The van der Waals surface area contributed by atoms with Gasteiger partial charge in [-0.3, -0.25) is 9.59 Å². The summed E-state index contributed by atoms with van der Waals surface area (Å²) in [5.74, 6) is -0.761. The van der Waals surface area contributed by atoms with Crippen LogP contribution in [0, 0.1) is 13.8 Å². The first kappa shape index (κ1) is 26.0. The zero-order valence-electron chi connectivity index (χ0n) is 22.1. The first-order valence-corrected chi connectivity index (χ1v) is 13.0. The summed E-state index contributed by atoms with van der Waals surface area (Å²) in [4.78, 5) is 32.3. The zero-order valence-corrected chi connectivity index (χ0v) is 22.1. The van der Waals surface area contributed by atoms with Crippen LogP contribution in [0.15, 0.2) is 97.1 Å². The van der Waals surface area contributed by atoms with E-state index in [4.69, 9.17) is 4.74 Å². The van der Waals surface area contributed by atoms with Crippen LogP contribution in [-0.2, 0) is 22.7 Å². The van der Waals surface area contributed by atoms with E-state index in [0.717, 1.165) is 22.3 Å². The van der Waals surface area contributed by atoms with Gasteiger partial charge >= 0.3 is 0 Å². The van der Waals surface area contributed by atoms with E-state index in [1.165, 1.54) is 0 Å². The third-order valence-electron chi connectivity index (χ3n) is 7.01. The summed E-state index contributed by atoms with van der Waals surface area (Å²) >= 11 is 0. The van der Waals surface area contributed by atoms with Crippen molar-refractivity contribution in [2.45, 2.75) is 39.5 Å². The van der Waals surface area contributed by atoms with Crippen LogP contribution in [0.25, 0.3) is 5.76 Å². The fraction of sp³-hybridized carbons (Fsp3) is 0.219. The maximum atomic E-state index is 13.4. The number of nitrogens with zero attached hydrogens (tertiary/aromatic N) is 3. The summed E-state index contributed by atoms with van der Waals surface area (Å²) in [7, 11) is 0. The molecule has 4 aromatic rings. The van der Waals surface area contributed by atoms with E-state index in [2.05, 4.69) is 4.98 Å². The molecule has 1 amide bonds. The van der Waals surface area contributed by atoms with Gasteiger partial charge in [-0.05, 0) is 55.2 Å². The molecule has 5 rings (SSSR count). The highest BCUT2D eigenvalue weighted by atomic mass is 16.5. The van der Waals surface area contributed by atoms with Crippen LogP contribution in [0.2, 0.25) is 0 Å². The molecule has 1 atom stereocenters. The van der Waals surface area contributed by atoms with Gasteiger partial charge in [0.2, 0.25) is 0 Å². The Morgan fingerprint density at radius 2 is 1.74 bits per heavy atom. The Morgan fingerprint density at radius 1 is 0.974 bits per heavy atom. The van der Waals surface area contributed by atoms with E-state index in [1.54, 1.807) is 17.4 Å². The summed E-state index contributed by atoms with van der Waals surface area (Å²) in [6.07, 6.45) is 5.92. The van der Waals surface area contributed by atoms with E-state index >= 15 is 0 Å². The number of carbonyl (C=O) groups excluding carboxylic acids is 2. The lowest BCUT2D eigenvalue weighted by molar-refractivity contribution is -0.139. The highest BCUT2D eigenvalue weighted by molar-refractivity contribution is 6.46. The first-order chi connectivity index (χ1) is 18.9. The Labute approximate surface area is 228 Å². The average Bonchev–Trinajstić information content (AvgIpc) is 3.56.